The lowest BCUT2D eigenvalue weighted by molar-refractivity contribution is 0.147. The van der Waals surface area contributed by atoms with Crippen LogP contribution in [0.5, 0.6) is 0 Å². The van der Waals surface area contributed by atoms with Gasteiger partial charge in [-0.1, -0.05) is 31.9 Å². The van der Waals surface area contributed by atoms with Gasteiger partial charge in [0, 0.05) is 12.6 Å². The first-order chi connectivity index (χ1) is 10.2. The summed E-state index contributed by atoms with van der Waals surface area (Å²) in [7, 11) is 2.02. The van der Waals surface area contributed by atoms with Gasteiger partial charge in [0.1, 0.15) is 5.82 Å². The molecule has 0 bridgehead atoms. The quantitative estimate of drug-likeness (QED) is 0.765. The molecule has 0 aromatic heterocycles. The van der Waals surface area contributed by atoms with Gasteiger partial charge in [-0.05, 0) is 63.0 Å². The third kappa shape index (κ3) is 4.79. The van der Waals surface area contributed by atoms with Crippen LogP contribution in [0, 0.1) is 11.7 Å². The number of rotatable bonds is 7. The molecule has 118 valence electrons. The molecule has 0 aliphatic carbocycles. The molecule has 1 aliphatic heterocycles. The Hall–Kier alpha value is -0.930. The van der Waals surface area contributed by atoms with Gasteiger partial charge >= 0.3 is 0 Å². The highest BCUT2D eigenvalue weighted by Gasteiger charge is 2.27. The molecular weight excluding hydrogens is 263 g/mol. The van der Waals surface area contributed by atoms with Gasteiger partial charge in [0.05, 0.1) is 0 Å². The van der Waals surface area contributed by atoms with Gasteiger partial charge in [-0.15, -0.1) is 0 Å². The van der Waals surface area contributed by atoms with Gasteiger partial charge in [0.25, 0.3) is 0 Å². The molecule has 1 N–H and O–H groups in total. The fourth-order valence-electron chi connectivity index (χ4n) is 3.50. The second-order valence-corrected chi connectivity index (χ2v) is 6.23. The Kier molecular flexibility index (Phi) is 6.65. The van der Waals surface area contributed by atoms with Gasteiger partial charge in [-0.25, -0.2) is 4.39 Å². The van der Waals surface area contributed by atoms with Gasteiger partial charge in [-0.2, -0.15) is 0 Å². The summed E-state index contributed by atoms with van der Waals surface area (Å²) in [5.41, 5.74) is 1.21. The Morgan fingerprint density at radius 3 is 2.71 bits per heavy atom. The number of piperidine rings is 1. The smallest absolute Gasteiger partial charge is 0.123 e. The highest BCUT2D eigenvalue weighted by molar-refractivity contribution is 5.21. The minimum Gasteiger partial charge on any atom is -0.313 e. The fraction of sp³-hybridized carbons (Fsp3) is 0.667. The second kappa shape index (κ2) is 8.50. The molecule has 0 radical (unpaired) electrons. The maximum absolute atomic E-state index is 13.1. The topological polar surface area (TPSA) is 15.3 Å². The van der Waals surface area contributed by atoms with Crippen molar-refractivity contribution in [2.75, 3.05) is 26.7 Å². The van der Waals surface area contributed by atoms with Gasteiger partial charge in [0.15, 0.2) is 0 Å². The zero-order valence-electron chi connectivity index (χ0n) is 13.4. The van der Waals surface area contributed by atoms with Crippen molar-refractivity contribution in [1.29, 1.82) is 0 Å². The number of likely N-dealkylation sites (tertiary alicyclic amines) is 1. The molecule has 3 heteroatoms. The van der Waals surface area contributed by atoms with Crippen molar-refractivity contribution in [2.45, 2.75) is 45.1 Å². The minimum absolute atomic E-state index is 0.154. The lowest BCUT2D eigenvalue weighted by Crippen LogP contribution is -2.41. The minimum atomic E-state index is -0.154. The van der Waals surface area contributed by atoms with E-state index >= 15 is 0 Å². The van der Waals surface area contributed by atoms with E-state index in [1.807, 2.05) is 19.2 Å². The van der Waals surface area contributed by atoms with E-state index < -0.39 is 0 Å². The molecule has 1 fully saturated rings. The van der Waals surface area contributed by atoms with Crippen molar-refractivity contribution in [3.8, 4) is 0 Å². The largest absolute Gasteiger partial charge is 0.313 e. The number of unbranched alkanes of at least 4 members (excludes halogenated alkanes) is 2. The fourth-order valence-corrected chi connectivity index (χ4v) is 3.50. The first kappa shape index (κ1) is 16.4. The standard InChI is InChI=1S/C18H29FN2/c1-3-4-5-12-21-13-6-7-16(14-21)18(20-2)15-8-10-17(19)11-9-15/h8-11,16,18,20H,3-7,12-14H2,1-2H3. The summed E-state index contributed by atoms with van der Waals surface area (Å²) in [5, 5.41) is 3.45. The highest BCUT2D eigenvalue weighted by atomic mass is 19.1. The summed E-state index contributed by atoms with van der Waals surface area (Å²) in [5.74, 6) is 0.467. The van der Waals surface area contributed by atoms with Crippen molar-refractivity contribution in [3.05, 3.63) is 35.6 Å². The SMILES string of the molecule is CCCCCN1CCCC(C(NC)c2ccc(F)cc2)C1. The zero-order chi connectivity index (χ0) is 15.1. The van der Waals surface area contributed by atoms with Crippen LogP contribution in [-0.2, 0) is 0 Å². The Bertz CT molecular complexity index is 404. The zero-order valence-corrected chi connectivity index (χ0v) is 13.4. The number of nitrogens with one attached hydrogen (secondary N) is 1. The van der Waals surface area contributed by atoms with Crippen LogP contribution in [-0.4, -0.2) is 31.6 Å². The van der Waals surface area contributed by atoms with Crippen molar-refractivity contribution >= 4 is 0 Å². The number of benzene rings is 1. The molecule has 2 rings (SSSR count). The first-order valence-electron chi connectivity index (χ1n) is 8.39. The van der Waals surface area contributed by atoms with Crippen molar-refractivity contribution in [1.82, 2.24) is 10.2 Å². The molecule has 1 aromatic carbocycles. The first-order valence-corrected chi connectivity index (χ1v) is 8.39. The molecule has 1 saturated heterocycles. The van der Waals surface area contributed by atoms with Crippen molar-refractivity contribution < 1.29 is 4.39 Å². The van der Waals surface area contributed by atoms with Crippen LogP contribution < -0.4 is 5.32 Å². The van der Waals surface area contributed by atoms with Crippen LogP contribution in [0.3, 0.4) is 0 Å². The molecule has 2 atom stereocenters. The second-order valence-electron chi connectivity index (χ2n) is 6.23. The van der Waals surface area contributed by atoms with E-state index in [-0.39, 0.29) is 5.82 Å². The number of hydrogen-bond donors (Lipinski definition) is 1. The molecule has 1 heterocycles. The molecule has 21 heavy (non-hydrogen) atoms. The summed E-state index contributed by atoms with van der Waals surface area (Å²) in [6, 6.07) is 7.32. The molecule has 1 aromatic rings. The number of hydrogen-bond acceptors (Lipinski definition) is 2. The third-order valence-electron chi connectivity index (χ3n) is 4.63. The highest BCUT2D eigenvalue weighted by Crippen LogP contribution is 2.29. The number of halogens is 1. The van der Waals surface area contributed by atoms with Gasteiger partial charge in [-0.3, -0.25) is 0 Å². The summed E-state index contributed by atoms with van der Waals surface area (Å²) in [6.07, 6.45) is 6.45. The van der Waals surface area contributed by atoms with Gasteiger partial charge in [0.2, 0.25) is 0 Å². The van der Waals surface area contributed by atoms with E-state index in [1.54, 1.807) is 12.1 Å². The molecule has 2 nitrogen and oxygen atoms in total. The van der Waals surface area contributed by atoms with Gasteiger partial charge < -0.3 is 10.2 Å². The average Bonchev–Trinajstić information content (AvgIpc) is 2.51. The molecule has 1 aliphatic rings. The lowest BCUT2D eigenvalue weighted by Gasteiger charge is -2.37. The molecular formula is C18H29FN2. The van der Waals surface area contributed by atoms with E-state index in [9.17, 15) is 4.39 Å². The Morgan fingerprint density at radius 1 is 1.29 bits per heavy atom. The van der Waals surface area contributed by atoms with Crippen LogP contribution in [0.4, 0.5) is 4.39 Å². The van der Waals surface area contributed by atoms with Crippen LogP contribution in [0.1, 0.15) is 50.6 Å². The summed E-state index contributed by atoms with van der Waals surface area (Å²) < 4.78 is 13.1. The van der Waals surface area contributed by atoms with Crippen LogP contribution in [0.2, 0.25) is 0 Å². The Labute approximate surface area is 128 Å². The third-order valence-corrected chi connectivity index (χ3v) is 4.63. The van der Waals surface area contributed by atoms with Crippen LogP contribution >= 0.6 is 0 Å². The normalized spacial score (nSPS) is 21.4. The maximum atomic E-state index is 13.1. The Morgan fingerprint density at radius 2 is 2.05 bits per heavy atom. The summed E-state index contributed by atoms with van der Waals surface area (Å²) in [4.78, 5) is 2.61. The summed E-state index contributed by atoms with van der Waals surface area (Å²) >= 11 is 0. The molecule has 0 spiro atoms. The molecule has 0 saturated carbocycles. The van der Waals surface area contributed by atoms with E-state index in [0.717, 1.165) is 6.54 Å². The lowest BCUT2D eigenvalue weighted by atomic mass is 9.86. The Balaban J connectivity index is 1.95. The maximum Gasteiger partial charge on any atom is 0.123 e. The monoisotopic (exact) mass is 292 g/mol. The average molecular weight is 292 g/mol. The van der Waals surface area contributed by atoms with E-state index in [2.05, 4.69) is 17.1 Å². The predicted octanol–water partition coefficient (Wildman–Crippen LogP) is 3.99. The summed E-state index contributed by atoms with van der Waals surface area (Å²) in [6.45, 7) is 5.88. The van der Waals surface area contributed by atoms with Crippen molar-refractivity contribution in [2.24, 2.45) is 5.92 Å². The molecule has 0 amide bonds. The van der Waals surface area contributed by atoms with Crippen LogP contribution in [0.25, 0.3) is 0 Å². The number of nitrogens with zero attached hydrogens (tertiary/aromatic N) is 1. The predicted molar refractivity (Wildman–Crippen MR) is 86.9 cm³/mol. The van der Waals surface area contributed by atoms with Crippen molar-refractivity contribution in [3.63, 3.8) is 0 Å². The van der Waals surface area contributed by atoms with Crippen LogP contribution in [0.15, 0.2) is 24.3 Å². The van der Waals surface area contributed by atoms with E-state index in [4.69, 9.17) is 0 Å². The van der Waals surface area contributed by atoms with E-state index in [0.29, 0.717) is 12.0 Å². The van der Waals surface area contributed by atoms with E-state index in [1.165, 1.54) is 50.8 Å². The molecule has 2 unspecified atom stereocenters.